The number of benzene rings is 1. The highest BCUT2D eigenvalue weighted by Crippen LogP contribution is 2.27. The van der Waals surface area contributed by atoms with E-state index in [1.807, 2.05) is 31.2 Å². The third kappa shape index (κ3) is 4.19. The van der Waals surface area contributed by atoms with Crippen molar-refractivity contribution < 1.29 is 9.53 Å². The number of nitrogens with zero attached hydrogens (tertiary/aromatic N) is 3. The van der Waals surface area contributed by atoms with Gasteiger partial charge in [0.15, 0.2) is 5.82 Å². The minimum Gasteiger partial charge on any atom is -0.494 e. The lowest BCUT2D eigenvalue weighted by Crippen LogP contribution is -2.27. The fourth-order valence-electron chi connectivity index (χ4n) is 2.20. The molecular weight excluding hydrogens is 326 g/mol. The molecule has 0 spiro atoms. The largest absolute Gasteiger partial charge is 0.494 e. The highest BCUT2D eigenvalue weighted by molar-refractivity contribution is 7.99. The van der Waals surface area contributed by atoms with E-state index in [2.05, 4.69) is 15.5 Å². The minimum absolute atomic E-state index is 0.00230. The second kappa shape index (κ2) is 7.57. The van der Waals surface area contributed by atoms with Gasteiger partial charge in [-0.15, -0.1) is 10.2 Å². The molecule has 1 fully saturated rings. The molecule has 7 nitrogen and oxygen atoms in total. The molecule has 8 heteroatoms. The monoisotopic (exact) mass is 347 g/mol. The predicted octanol–water partition coefficient (Wildman–Crippen LogP) is 1.68. The number of hydrogen-bond acceptors (Lipinski definition) is 6. The summed E-state index contributed by atoms with van der Waals surface area (Å²) in [6.07, 6.45) is 2.44. The lowest BCUT2D eigenvalue weighted by atomic mass is 10.2. The molecule has 1 aromatic heterocycles. The van der Waals surface area contributed by atoms with Gasteiger partial charge in [0.1, 0.15) is 5.75 Å². The number of ether oxygens (including phenoxy) is 1. The van der Waals surface area contributed by atoms with E-state index in [1.54, 1.807) is 0 Å². The highest BCUT2D eigenvalue weighted by Gasteiger charge is 2.21. The summed E-state index contributed by atoms with van der Waals surface area (Å²) in [5.41, 5.74) is 0.846. The maximum Gasteiger partial charge on any atom is 0.230 e. The Kier molecular flexibility index (Phi) is 5.24. The first-order valence-electron chi connectivity index (χ1n) is 8.00. The van der Waals surface area contributed by atoms with Gasteiger partial charge in [-0.1, -0.05) is 11.8 Å². The van der Waals surface area contributed by atoms with Crippen LogP contribution in [-0.2, 0) is 4.79 Å². The summed E-state index contributed by atoms with van der Waals surface area (Å²) in [5, 5.41) is 11.6. The maximum atomic E-state index is 11.8. The van der Waals surface area contributed by atoms with E-state index >= 15 is 0 Å². The number of nitrogens with one attached hydrogen (secondary N) is 1. The average molecular weight is 347 g/mol. The molecule has 0 aliphatic heterocycles. The van der Waals surface area contributed by atoms with Crippen molar-refractivity contribution in [3.05, 3.63) is 24.3 Å². The Morgan fingerprint density at radius 1 is 1.38 bits per heavy atom. The molecule has 1 aromatic carbocycles. The van der Waals surface area contributed by atoms with Crippen molar-refractivity contribution in [1.29, 1.82) is 0 Å². The SMILES string of the molecule is CCOc1ccc(-c2nnc(SCC(=O)NCC3CC3)n2N)cc1. The van der Waals surface area contributed by atoms with Crippen LogP contribution in [0.25, 0.3) is 11.4 Å². The van der Waals surface area contributed by atoms with E-state index in [1.165, 1.54) is 29.3 Å². The maximum absolute atomic E-state index is 11.8. The van der Waals surface area contributed by atoms with Crippen molar-refractivity contribution >= 4 is 17.7 Å². The predicted molar refractivity (Wildman–Crippen MR) is 93.2 cm³/mol. The van der Waals surface area contributed by atoms with Crippen LogP contribution in [0.4, 0.5) is 0 Å². The van der Waals surface area contributed by atoms with Gasteiger partial charge in [0.05, 0.1) is 12.4 Å². The Morgan fingerprint density at radius 2 is 2.12 bits per heavy atom. The van der Waals surface area contributed by atoms with E-state index < -0.39 is 0 Å². The van der Waals surface area contributed by atoms with Gasteiger partial charge in [-0.3, -0.25) is 4.79 Å². The summed E-state index contributed by atoms with van der Waals surface area (Å²) in [6.45, 7) is 3.33. The molecule has 0 unspecified atom stereocenters. The van der Waals surface area contributed by atoms with Crippen molar-refractivity contribution in [2.24, 2.45) is 5.92 Å². The Hall–Kier alpha value is -2.22. The van der Waals surface area contributed by atoms with E-state index in [4.69, 9.17) is 10.6 Å². The van der Waals surface area contributed by atoms with Gasteiger partial charge in [-0.25, -0.2) is 4.68 Å². The molecule has 0 saturated heterocycles. The minimum atomic E-state index is -0.00230. The molecule has 1 saturated carbocycles. The Bertz CT molecular complexity index is 697. The molecule has 1 aliphatic rings. The van der Waals surface area contributed by atoms with E-state index in [-0.39, 0.29) is 11.7 Å². The molecule has 1 aliphatic carbocycles. The Morgan fingerprint density at radius 3 is 2.79 bits per heavy atom. The van der Waals surface area contributed by atoms with Crippen LogP contribution in [0.15, 0.2) is 29.4 Å². The van der Waals surface area contributed by atoms with Crippen LogP contribution in [0.1, 0.15) is 19.8 Å². The first-order valence-corrected chi connectivity index (χ1v) is 8.99. The summed E-state index contributed by atoms with van der Waals surface area (Å²) in [5.74, 6) is 8.36. The average Bonchev–Trinajstić information content (AvgIpc) is 3.35. The van der Waals surface area contributed by atoms with Gasteiger partial charge in [-0.2, -0.15) is 0 Å². The normalized spacial score (nSPS) is 13.7. The molecule has 128 valence electrons. The molecule has 2 aromatic rings. The van der Waals surface area contributed by atoms with Crippen LogP contribution in [0.3, 0.4) is 0 Å². The molecule has 1 amide bonds. The number of hydrogen-bond donors (Lipinski definition) is 2. The van der Waals surface area contributed by atoms with E-state index in [9.17, 15) is 4.79 Å². The smallest absolute Gasteiger partial charge is 0.230 e. The van der Waals surface area contributed by atoms with Gasteiger partial charge in [0, 0.05) is 12.1 Å². The van der Waals surface area contributed by atoms with Crippen LogP contribution >= 0.6 is 11.8 Å². The topological polar surface area (TPSA) is 95.1 Å². The zero-order valence-electron chi connectivity index (χ0n) is 13.6. The lowest BCUT2D eigenvalue weighted by Gasteiger charge is -2.06. The van der Waals surface area contributed by atoms with Crippen LogP contribution in [-0.4, -0.2) is 39.7 Å². The van der Waals surface area contributed by atoms with E-state index in [0.29, 0.717) is 23.5 Å². The number of nitrogen functional groups attached to an aromatic ring is 1. The van der Waals surface area contributed by atoms with Gasteiger partial charge in [0.2, 0.25) is 11.1 Å². The molecule has 24 heavy (non-hydrogen) atoms. The van der Waals surface area contributed by atoms with Crippen molar-refractivity contribution in [3.8, 4) is 17.1 Å². The summed E-state index contributed by atoms with van der Waals surface area (Å²) >= 11 is 1.28. The summed E-state index contributed by atoms with van der Waals surface area (Å²) < 4.78 is 6.83. The number of aromatic nitrogens is 3. The number of rotatable bonds is 8. The van der Waals surface area contributed by atoms with Crippen molar-refractivity contribution in [1.82, 2.24) is 20.2 Å². The van der Waals surface area contributed by atoms with Crippen molar-refractivity contribution in [3.63, 3.8) is 0 Å². The number of carbonyl (C=O) groups is 1. The third-order valence-corrected chi connectivity index (χ3v) is 4.65. The fraction of sp³-hybridized carbons (Fsp3) is 0.438. The van der Waals surface area contributed by atoms with E-state index in [0.717, 1.165) is 17.9 Å². The summed E-state index contributed by atoms with van der Waals surface area (Å²) in [6, 6.07) is 7.50. The second-order valence-corrected chi connectivity index (χ2v) is 6.61. The number of nitrogens with two attached hydrogens (primary N) is 1. The van der Waals surface area contributed by atoms with Crippen LogP contribution < -0.4 is 15.9 Å². The molecule has 0 radical (unpaired) electrons. The van der Waals surface area contributed by atoms with Crippen molar-refractivity contribution in [2.45, 2.75) is 24.9 Å². The van der Waals surface area contributed by atoms with Gasteiger partial charge < -0.3 is 15.9 Å². The standard InChI is InChI=1S/C16H21N5O2S/c1-2-23-13-7-5-12(6-8-13)15-19-20-16(21(15)17)24-10-14(22)18-9-11-3-4-11/h5-8,11H,2-4,9-10,17H2,1H3,(H,18,22). The first-order chi connectivity index (χ1) is 11.7. The summed E-state index contributed by atoms with van der Waals surface area (Å²) in [7, 11) is 0. The first kappa shape index (κ1) is 16.6. The lowest BCUT2D eigenvalue weighted by molar-refractivity contribution is -0.118. The van der Waals surface area contributed by atoms with Gasteiger partial charge >= 0.3 is 0 Å². The number of amides is 1. The zero-order valence-corrected chi connectivity index (χ0v) is 14.4. The molecule has 0 bridgehead atoms. The van der Waals surface area contributed by atoms with Gasteiger partial charge in [0.25, 0.3) is 0 Å². The van der Waals surface area contributed by atoms with Crippen LogP contribution in [0, 0.1) is 5.92 Å². The zero-order chi connectivity index (χ0) is 16.9. The Labute approximate surface area is 144 Å². The molecule has 3 rings (SSSR count). The molecule has 3 N–H and O–H groups in total. The highest BCUT2D eigenvalue weighted by atomic mass is 32.2. The quantitative estimate of drug-likeness (QED) is 0.557. The second-order valence-electron chi connectivity index (χ2n) is 5.67. The van der Waals surface area contributed by atoms with Gasteiger partial charge in [-0.05, 0) is 49.9 Å². The summed E-state index contributed by atoms with van der Waals surface area (Å²) in [4.78, 5) is 11.8. The third-order valence-electron chi connectivity index (χ3n) is 3.71. The fourth-order valence-corrected chi connectivity index (χ4v) is 2.89. The number of carbonyl (C=O) groups excluding carboxylic acids is 1. The molecule has 0 atom stereocenters. The molecule has 1 heterocycles. The number of thioether (sulfide) groups is 1. The van der Waals surface area contributed by atoms with Crippen LogP contribution in [0.2, 0.25) is 0 Å². The Balaban J connectivity index is 1.59. The molecular formula is C16H21N5O2S. The van der Waals surface area contributed by atoms with Crippen molar-refractivity contribution in [2.75, 3.05) is 24.7 Å². The van der Waals surface area contributed by atoms with Crippen LogP contribution in [0.5, 0.6) is 5.75 Å².